The second kappa shape index (κ2) is 6.34. The third-order valence-corrected chi connectivity index (χ3v) is 3.05. The summed E-state index contributed by atoms with van der Waals surface area (Å²) in [6.07, 6.45) is 6.78. The SMILES string of the molecule is CC(O)CCCC=Cc1ccc2[nH]c(=O)ccc2c1. The zero-order valence-corrected chi connectivity index (χ0v) is 11.1. The molecule has 0 radical (unpaired) electrons. The molecule has 1 atom stereocenters. The second-order valence-corrected chi connectivity index (χ2v) is 4.85. The summed E-state index contributed by atoms with van der Waals surface area (Å²) >= 11 is 0. The number of unbranched alkanes of at least 4 members (excludes halogenated alkanes) is 1. The monoisotopic (exact) mass is 257 g/mol. The molecule has 1 aromatic heterocycles. The number of H-pyrrole nitrogens is 1. The maximum Gasteiger partial charge on any atom is 0.248 e. The van der Waals surface area contributed by atoms with Crippen molar-refractivity contribution in [2.75, 3.05) is 0 Å². The Balaban J connectivity index is 2.03. The van der Waals surface area contributed by atoms with Crippen molar-refractivity contribution in [3.63, 3.8) is 0 Å². The van der Waals surface area contributed by atoms with Crippen molar-refractivity contribution in [3.05, 3.63) is 52.3 Å². The summed E-state index contributed by atoms with van der Waals surface area (Å²) in [5, 5.41) is 10.2. The van der Waals surface area contributed by atoms with E-state index in [1.165, 1.54) is 0 Å². The summed E-state index contributed by atoms with van der Waals surface area (Å²) in [4.78, 5) is 14.0. The van der Waals surface area contributed by atoms with Crippen molar-refractivity contribution in [3.8, 4) is 0 Å². The lowest BCUT2D eigenvalue weighted by atomic mass is 10.1. The van der Waals surface area contributed by atoms with Gasteiger partial charge in [0.15, 0.2) is 0 Å². The topological polar surface area (TPSA) is 53.1 Å². The van der Waals surface area contributed by atoms with Gasteiger partial charge in [0.1, 0.15) is 0 Å². The summed E-state index contributed by atoms with van der Waals surface area (Å²) in [7, 11) is 0. The van der Waals surface area contributed by atoms with Crippen LogP contribution in [0.2, 0.25) is 0 Å². The zero-order valence-electron chi connectivity index (χ0n) is 11.1. The van der Waals surface area contributed by atoms with Crippen LogP contribution in [0.5, 0.6) is 0 Å². The van der Waals surface area contributed by atoms with Crippen molar-refractivity contribution >= 4 is 17.0 Å². The van der Waals surface area contributed by atoms with Crippen LogP contribution in [0.3, 0.4) is 0 Å². The van der Waals surface area contributed by atoms with E-state index in [0.717, 1.165) is 35.7 Å². The number of hydrogen-bond donors (Lipinski definition) is 2. The molecule has 19 heavy (non-hydrogen) atoms. The Morgan fingerprint density at radius 1 is 1.32 bits per heavy atom. The molecule has 0 aliphatic heterocycles. The lowest BCUT2D eigenvalue weighted by Gasteiger charge is -2.01. The van der Waals surface area contributed by atoms with Crippen LogP contribution in [-0.4, -0.2) is 16.2 Å². The Morgan fingerprint density at radius 3 is 2.95 bits per heavy atom. The molecule has 0 saturated carbocycles. The van der Waals surface area contributed by atoms with E-state index in [9.17, 15) is 4.79 Å². The highest BCUT2D eigenvalue weighted by molar-refractivity contribution is 5.80. The third kappa shape index (κ3) is 4.07. The van der Waals surface area contributed by atoms with Gasteiger partial charge in [-0.05, 0) is 55.3 Å². The second-order valence-electron chi connectivity index (χ2n) is 4.85. The minimum atomic E-state index is -0.217. The zero-order chi connectivity index (χ0) is 13.7. The van der Waals surface area contributed by atoms with Gasteiger partial charge in [0.25, 0.3) is 0 Å². The Hall–Kier alpha value is -1.87. The van der Waals surface area contributed by atoms with E-state index in [-0.39, 0.29) is 11.7 Å². The smallest absolute Gasteiger partial charge is 0.248 e. The number of allylic oxidation sites excluding steroid dienone is 1. The molecule has 2 rings (SSSR count). The fraction of sp³-hybridized carbons (Fsp3) is 0.312. The molecule has 0 aliphatic carbocycles. The standard InChI is InChI=1S/C16H19NO2/c1-12(18)5-3-2-4-6-13-7-9-15-14(11-13)8-10-16(19)17-15/h4,6-12,18H,2-3,5H2,1H3,(H,17,19). The van der Waals surface area contributed by atoms with E-state index in [1.807, 2.05) is 25.1 Å². The van der Waals surface area contributed by atoms with Gasteiger partial charge >= 0.3 is 0 Å². The predicted octanol–water partition coefficient (Wildman–Crippen LogP) is 3.09. The first-order valence-corrected chi connectivity index (χ1v) is 6.63. The minimum absolute atomic E-state index is 0.0751. The fourth-order valence-electron chi connectivity index (χ4n) is 2.03. The number of aromatic nitrogens is 1. The molecule has 100 valence electrons. The molecule has 0 fully saturated rings. The van der Waals surface area contributed by atoms with Crippen LogP contribution >= 0.6 is 0 Å². The van der Waals surface area contributed by atoms with Crippen molar-refractivity contribution in [1.82, 2.24) is 4.98 Å². The highest BCUT2D eigenvalue weighted by atomic mass is 16.3. The average molecular weight is 257 g/mol. The van der Waals surface area contributed by atoms with E-state index < -0.39 is 0 Å². The quantitative estimate of drug-likeness (QED) is 0.809. The summed E-state index contributed by atoms with van der Waals surface area (Å²) in [5.74, 6) is 0. The molecule has 0 aliphatic rings. The van der Waals surface area contributed by atoms with E-state index in [4.69, 9.17) is 5.11 Å². The highest BCUT2D eigenvalue weighted by Crippen LogP contribution is 2.14. The molecule has 2 aromatic rings. The Bertz CT molecular complexity index is 626. The van der Waals surface area contributed by atoms with Crippen LogP contribution in [-0.2, 0) is 0 Å². The third-order valence-electron chi connectivity index (χ3n) is 3.05. The summed E-state index contributed by atoms with van der Waals surface area (Å²) in [6.45, 7) is 1.81. The maximum atomic E-state index is 11.2. The van der Waals surface area contributed by atoms with Gasteiger partial charge in [-0.2, -0.15) is 0 Å². The number of aliphatic hydroxyl groups excluding tert-OH is 1. The molecule has 0 saturated heterocycles. The summed E-state index contributed by atoms with van der Waals surface area (Å²) in [5.41, 5.74) is 1.91. The molecule has 1 unspecified atom stereocenters. The average Bonchev–Trinajstić information content (AvgIpc) is 2.38. The van der Waals surface area contributed by atoms with E-state index in [0.29, 0.717) is 0 Å². The number of pyridine rings is 1. The van der Waals surface area contributed by atoms with Crippen LogP contribution < -0.4 is 5.56 Å². The summed E-state index contributed by atoms with van der Waals surface area (Å²) in [6, 6.07) is 9.34. The van der Waals surface area contributed by atoms with Crippen molar-refractivity contribution in [2.24, 2.45) is 0 Å². The van der Waals surface area contributed by atoms with Crippen molar-refractivity contribution < 1.29 is 5.11 Å². The fourth-order valence-corrected chi connectivity index (χ4v) is 2.03. The Labute approximate surface area is 112 Å². The molecule has 3 nitrogen and oxygen atoms in total. The van der Waals surface area contributed by atoms with E-state index >= 15 is 0 Å². The predicted molar refractivity (Wildman–Crippen MR) is 79.1 cm³/mol. The maximum absolute atomic E-state index is 11.2. The number of nitrogens with one attached hydrogen (secondary N) is 1. The molecular formula is C16H19NO2. The number of fused-ring (bicyclic) bond motifs is 1. The molecule has 0 spiro atoms. The van der Waals surface area contributed by atoms with Gasteiger partial charge in [-0.3, -0.25) is 4.79 Å². The van der Waals surface area contributed by atoms with Gasteiger partial charge in [0, 0.05) is 11.6 Å². The van der Waals surface area contributed by atoms with Gasteiger partial charge in [-0.1, -0.05) is 18.2 Å². The van der Waals surface area contributed by atoms with Crippen LogP contribution in [0.4, 0.5) is 0 Å². The lowest BCUT2D eigenvalue weighted by molar-refractivity contribution is 0.182. The molecule has 1 heterocycles. The van der Waals surface area contributed by atoms with E-state index in [2.05, 4.69) is 23.2 Å². The molecule has 0 amide bonds. The van der Waals surface area contributed by atoms with Crippen molar-refractivity contribution in [1.29, 1.82) is 0 Å². The lowest BCUT2D eigenvalue weighted by Crippen LogP contribution is -2.01. The van der Waals surface area contributed by atoms with Crippen LogP contribution in [0, 0.1) is 0 Å². The number of hydrogen-bond acceptors (Lipinski definition) is 2. The van der Waals surface area contributed by atoms with Gasteiger partial charge < -0.3 is 10.1 Å². The molecular weight excluding hydrogens is 238 g/mol. The van der Waals surface area contributed by atoms with Crippen LogP contribution in [0.15, 0.2) is 41.2 Å². The Kier molecular flexibility index (Phi) is 4.53. The van der Waals surface area contributed by atoms with Crippen LogP contribution in [0.25, 0.3) is 17.0 Å². The Morgan fingerprint density at radius 2 is 2.16 bits per heavy atom. The number of benzene rings is 1. The van der Waals surface area contributed by atoms with Crippen LogP contribution in [0.1, 0.15) is 31.7 Å². The minimum Gasteiger partial charge on any atom is -0.393 e. The molecule has 2 N–H and O–H groups in total. The first kappa shape index (κ1) is 13.6. The van der Waals surface area contributed by atoms with Crippen molar-refractivity contribution in [2.45, 2.75) is 32.3 Å². The normalized spacial score (nSPS) is 13.2. The van der Waals surface area contributed by atoms with Gasteiger partial charge in [-0.15, -0.1) is 0 Å². The summed E-state index contributed by atoms with van der Waals surface area (Å²) < 4.78 is 0. The van der Waals surface area contributed by atoms with Gasteiger partial charge in [-0.25, -0.2) is 0 Å². The first-order valence-electron chi connectivity index (χ1n) is 6.63. The number of aromatic amines is 1. The molecule has 0 bridgehead atoms. The van der Waals surface area contributed by atoms with Gasteiger partial charge in [0.05, 0.1) is 6.10 Å². The largest absolute Gasteiger partial charge is 0.393 e. The number of aliphatic hydroxyl groups is 1. The van der Waals surface area contributed by atoms with E-state index in [1.54, 1.807) is 6.07 Å². The molecule has 1 aromatic carbocycles. The van der Waals surface area contributed by atoms with Gasteiger partial charge in [0.2, 0.25) is 5.56 Å². The highest BCUT2D eigenvalue weighted by Gasteiger charge is 1.96. The first-order chi connectivity index (χ1) is 9.15. The number of rotatable bonds is 5. The molecule has 3 heteroatoms.